The first-order chi connectivity index (χ1) is 11.8. The predicted octanol–water partition coefficient (Wildman–Crippen LogP) is 2.41. The number of anilines is 1. The van der Waals surface area contributed by atoms with E-state index in [0.29, 0.717) is 11.4 Å². The molecule has 1 aromatic carbocycles. The number of hydrogen-bond donors (Lipinski definition) is 0. The Morgan fingerprint density at radius 3 is 2.56 bits per heavy atom. The summed E-state index contributed by atoms with van der Waals surface area (Å²) in [5.41, 5.74) is 0.460. The molecule has 1 aromatic heterocycles. The van der Waals surface area contributed by atoms with Gasteiger partial charge < -0.3 is 9.47 Å². The maximum absolute atomic E-state index is 12.4. The van der Waals surface area contributed by atoms with Crippen LogP contribution in [0.1, 0.15) is 6.92 Å². The minimum atomic E-state index is -3.60. The molecule has 1 atom stereocenters. The highest BCUT2D eigenvalue weighted by molar-refractivity contribution is 7.94. The Balaban J connectivity index is 2.00. The maximum atomic E-state index is 12.4. The van der Waals surface area contributed by atoms with E-state index in [1.165, 1.54) is 18.3 Å². The standard InChI is InChI=1S/C16H16N2O5S2/c1-12(10-17)23-15(19)11-22-14-7-5-13(6-8-14)18(2)25(20,21)16-4-3-9-24-16/h3-9,12H,11H2,1-2H3/t12-/m0/s1. The molecule has 0 unspecified atom stereocenters. The fourth-order valence-corrected chi connectivity index (χ4v) is 4.19. The molecule has 1 heterocycles. The van der Waals surface area contributed by atoms with Crippen LogP contribution < -0.4 is 9.04 Å². The van der Waals surface area contributed by atoms with Crippen LogP contribution in [0.5, 0.6) is 5.75 Å². The smallest absolute Gasteiger partial charge is 0.345 e. The summed E-state index contributed by atoms with van der Waals surface area (Å²) in [4.78, 5) is 11.4. The minimum absolute atomic E-state index is 0.254. The second-order valence-electron chi connectivity index (χ2n) is 4.95. The van der Waals surface area contributed by atoms with Crippen molar-refractivity contribution in [1.82, 2.24) is 0 Å². The molecule has 0 spiro atoms. The van der Waals surface area contributed by atoms with Crippen molar-refractivity contribution in [2.75, 3.05) is 18.0 Å². The summed E-state index contributed by atoms with van der Waals surface area (Å²) in [5, 5.41) is 10.3. The molecule has 9 heteroatoms. The highest BCUT2D eigenvalue weighted by atomic mass is 32.2. The molecular weight excluding hydrogens is 364 g/mol. The Morgan fingerprint density at radius 1 is 1.32 bits per heavy atom. The zero-order valence-corrected chi connectivity index (χ0v) is 15.2. The fourth-order valence-electron chi connectivity index (χ4n) is 1.84. The molecule has 0 N–H and O–H groups in total. The van der Waals surface area contributed by atoms with Gasteiger partial charge in [-0.05, 0) is 42.6 Å². The maximum Gasteiger partial charge on any atom is 0.345 e. The number of rotatable bonds is 7. The number of esters is 1. The zero-order valence-electron chi connectivity index (χ0n) is 13.6. The highest BCUT2D eigenvalue weighted by Crippen LogP contribution is 2.26. The molecule has 2 aromatic rings. The molecule has 7 nitrogen and oxygen atoms in total. The third-order valence-corrected chi connectivity index (χ3v) is 6.32. The molecule has 0 bridgehead atoms. The van der Waals surface area contributed by atoms with Crippen molar-refractivity contribution in [3.05, 3.63) is 41.8 Å². The topological polar surface area (TPSA) is 96.7 Å². The summed E-state index contributed by atoms with van der Waals surface area (Å²) in [7, 11) is -2.13. The van der Waals surface area contributed by atoms with E-state index in [4.69, 9.17) is 14.7 Å². The molecule has 0 saturated heterocycles. The fraction of sp³-hybridized carbons (Fsp3) is 0.250. The molecule has 0 amide bonds. The molecule has 25 heavy (non-hydrogen) atoms. The van der Waals surface area contributed by atoms with Gasteiger partial charge in [0, 0.05) is 7.05 Å². The van der Waals surface area contributed by atoms with Gasteiger partial charge in [0.2, 0.25) is 0 Å². The number of nitrogens with zero attached hydrogens (tertiary/aromatic N) is 2. The van der Waals surface area contributed by atoms with Gasteiger partial charge in [-0.3, -0.25) is 4.31 Å². The third-order valence-electron chi connectivity index (χ3n) is 3.16. The Morgan fingerprint density at radius 2 is 2.00 bits per heavy atom. The third kappa shape index (κ3) is 4.71. The first-order valence-corrected chi connectivity index (χ1v) is 9.51. The monoisotopic (exact) mass is 380 g/mol. The van der Waals surface area contributed by atoms with Gasteiger partial charge in [-0.2, -0.15) is 5.26 Å². The Labute approximate surface area is 150 Å². The lowest BCUT2D eigenvalue weighted by Gasteiger charge is -2.18. The minimum Gasteiger partial charge on any atom is -0.482 e. The van der Waals surface area contributed by atoms with Gasteiger partial charge in [0.1, 0.15) is 16.0 Å². The first kappa shape index (κ1) is 18.8. The average Bonchev–Trinajstić information content (AvgIpc) is 3.15. The van der Waals surface area contributed by atoms with Gasteiger partial charge in [-0.25, -0.2) is 13.2 Å². The summed E-state index contributed by atoms with van der Waals surface area (Å²) >= 11 is 1.15. The molecule has 0 fully saturated rings. The Hall–Kier alpha value is -2.57. The van der Waals surface area contributed by atoms with Crippen molar-refractivity contribution in [2.45, 2.75) is 17.2 Å². The van der Waals surface area contributed by atoms with Gasteiger partial charge in [0.25, 0.3) is 10.0 Å². The number of ether oxygens (including phenoxy) is 2. The molecule has 2 rings (SSSR count). The highest BCUT2D eigenvalue weighted by Gasteiger charge is 2.22. The van der Waals surface area contributed by atoms with Crippen LogP contribution in [-0.2, 0) is 19.6 Å². The first-order valence-electron chi connectivity index (χ1n) is 7.19. The van der Waals surface area contributed by atoms with Crippen molar-refractivity contribution in [1.29, 1.82) is 5.26 Å². The van der Waals surface area contributed by atoms with Crippen LogP contribution in [0.3, 0.4) is 0 Å². The SMILES string of the molecule is C[C@@H](C#N)OC(=O)COc1ccc(N(C)S(=O)(=O)c2cccs2)cc1. The van der Waals surface area contributed by atoms with E-state index in [9.17, 15) is 13.2 Å². The molecule has 0 aliphatic heterocycles. The second kappa shape index (κ2) is 8.00. The van der Waals surface area contributed by atoms with Crippen molar-refractivity contribution in [3.8, 4) is 11.8 Å². The number of carbonyl (C=O) groups is 1. The molecule has 0 aliphatic carbocycles. The van der Waals surface area contributed by atoms with E-state index < -0.39 is 22.1 Å². The largest absolute Gasteiger partial charge is 0.482 e. The number of thiophene rings is 1. The van der Waals surface area contributed by atoms with Gasteiger partial charge in [-0.1, -0.05) is 6.07 Å². The number of hydrogen-bond acceptors (Lipinski definition) is 7. The average molecular weight is 380 g/mol. The quantitative estimate of drug-likeness (QED) is 0.684. The number of nitriles is 1. The van der Waals surface area contributed by atoms with Crippen molar-refractivity contribution in [2.24, 2.45) is 0 Å². The van der Waals surface area contributed by atoms with Crippen LogP contribution in [0.25, 0.3) is 0 Å². The lowest BCUT2D eigenvalue weighted by molar-refractivity contribution is -0.148. The summed E-state index contributed by atoms with van der Waals surface area (Å²) in [5.74, 6) is -0.275. The van der Waals surface area contributed by atoms with E-state index in [2.05, 4.69) is 0 Å². The van der Waals surface area contributed by atoms with Crippen LogP contribution in [0.2, 0.25) is 0 Å². The number of sulfonamides is 1. The summed E-state index contributed by atoms with van der Waals surface area (Å²) in [6.45, 7) is 1.12. The van der Waals surface area contributed by atoms with Crippen LogP contribution in [0, 0.1) is 11.3 Å². The van der Waals surface area contributed by atoms with Gasteiger partial charge >= 0.3 is 5.97 Å². The van der Waals surface area contributed by atoms with Gasteiger partial charge in [0.05, 0.1) is 5.69 Å². The van der Waals surface area contributed by atoms with Crippen molar-refractivity contribution in [3.63, 3.8) is 0 Å². The molecular formula is C16H16N2O5S2. The van der Waals surface area contributed by atoms with E-state index in [1.807, 2.05) is 0 Å². The van der Waals surface area contributed by atoms with Crippen LogP contribution in [0.4, 0.5) is 5.69 Å². The van der Waals surface area contributed by atoms with E-state index in [-0.39, 0.29) is 10.8 Å². The predicted molar refractivity (Wildman–Crippen MR) is 93.0 cm³/mol. The van der Waals surface area contributed by atoms with Crippen LogP contribution in [-0.4, -0.2) is 34.1 Å². The van der Waals surface area contributed by atoms with Crippen molar-refractivity contribution < 1.29 is 22.7 Å². The van der Waals surface area contributed by atoms with E-state index >= 15 is 0 Å². The lowest BCUT2D eigenvalue weighted by Crippen LogP contribution is -2.25. The lowest BCUT2D eigenvalue weighted by atomic mass is 10.3. The van der Waals surface area contributed by atoms with Crippen LogP contribution >= 0.6 is 11.3 Å². The van der Waals surface area contributed by atoms with Crippen LogP contribution in [0.15, 0.2) is 46.0 Å². The molecule has 0 saturated carbocycles. The zero-order chi connectivity index (χ0) is 18.4. The van der Waals surface area contributed by atoms with Gasteiger partial charge in [-0.15, -0.1) is 11.3 Å². The van der Waals surface area contributed by atoms with E-state index in [0.717, 1.165) is 11.3 Å². The van der Waals surface area contributed by atoms with E-state index in [1.54, 1.807) is 47.8 Å². The number of carbonyl (C=O) groups excluding carboxylic acids is 1. The molecule has 0 aliphatic rings. The Bertz CT molecular complexity index is 855. The molecule has 132 valence electrons. The second-order valence-corrected chi connectivity index (χ2v) is 8.09. The Kier molecular flexibility index (Phi) is 6.01. The number of benzene rings is 1. The normalized spacial score (nSPS) is 12.0. The summed E-state index contributed by atoms with van der Waals surface area (Å²) < 4.78 is 36.3. The summed E-state index contributed by atoms with van der Waals surface area (Å²) in [6.07, 6.45) is -0.838. The summed E-state index contributed by atoms with van der Waals surface area (Å²) in [6, 6.07) is 11.2. The van der Waals surface area contributed by atoms with Gasteiger partial charge in [0.15, 0.2) is 12.7 Å². The van der Waals surface area contributed by atoms with Crippen molar-refractivity contribution >= 4 is 33.0 Å². The molecule has 0 radical (unpaired) electrons.